The number of hydrogen-bond acceptors (Lipinski definition) is 4. The third-order valence-corrected chi connectivity index (χ3v) is 6.21. The van der Waals surface area contributed by atoms with Crippen LogP contribution in [0.4, 0.5) is 5.69 Å². The summed E-state index contributed by atoms with van der Waals surface area (Å²) in [6.45, 7) is 0. The quantitative estimate of drug-likeness (QED) is 0.470. The Kier molecular flexibility index (Phi) is 4.33. The van der Waals surface area contributed by atoms with Crippen LogP contribution in [0.1, 0.15) is 0 Å². The molecule has 2 aromatic heterocycles. The highest BCUT2D eigenvalue weighted by atomic mass is 32.2. The molecule has 0 atom stereocenters. The minimum Gasteiger partial charge on any atom is -0.305 e. The molecule has 2 heterocycles. The summed E-state index contributed by atoms with van der Waals surface area (Å²) in [6.07, 6.45) is 6.58. The molecule has 30 heavy (non-hydrogen) atoms. The van der Waals surface area contributed by atoms with Gasteiger partial charge in [0.25, 0.3) is 10.0 Å². The van der Waals surface area contributed by atoms with Gasteiger partial charge in [0.05, 0.1) is 34.4 Å². The first-order valence-corrected chi connectivity index (χ1v) is 10.7. The fourth-order valence-corrected chi connectivity index (χ4v) is 4.70. The van der Waals surface area contributed by atoms with Crippen molar-refractivity contribution < 1.29 is 8.42 Å². The molecule has 0 aliphatic heterocycles. The summed E-state index contributed by atoms with van der Waals surface area (Å²) in [6, 6.07) is 21.8. The maximum absolute atomic E-state index is 13.3. The summed E-state index contributed by atoms with van der Waals surface area (Å²) < 4.78 is 33.0. The van der Waals surface area contributed by atoms with Crippen LogP contribution in [0, 0.1) is 0 Å². The molecule has 5 rings (SSSR count). The number of aromatic nitrogens is 4. The Morgan fingerprint density at radius 1 is 0.800 bits per heavy atom. The van der Waals surface area contributed by atoms with Gasteiger partial charge < -0.3 is 4.57 Å². The topological polar surface area (TPSA) is 81.8 Å². The van der Waals surface area contributed by atoms with Gasteiger partial charge in [-0.3, -0.25) is 9.29 Å². The molecular weight excluding hydrogens is 398 g/mol. The monoisotopic (exact) mass is 415 g/mol. The number of imidazole rings is 2. The second-order valence-corrected chi connectivity index (χ2v) is 8.31. The molecular formula is C22H17N5O2S. The molecule has 148 valence electrons. The van der Waals surface area contributed by atoms with E-state index in [-0.39, 0.29) is 4.90 Å². The first kappa shape index (κ1) is 18.1. The van der Waals surface area contributed by atoms with Crippen LogP contribution < -0.4 is 4.72 Å². The van der Waals surface area contributed by atoms with Crippen LogP contribution in [0.3, 0.4) is 0 Å². The molecule has 1 N–H and O–H groups in total. The molecule has 0 unspecified atom stereocenters. The Balaban J connectivity index is 1.60. The number of nitrogens with one attached hydrogen (secondary N) is 1. The van der Waals surface area contributed by atoms with Crippen molar-refractivity contribution in [2.24, 2.45) is 0 Å². The molecule has 0 amide bonds. The first-order chi connectivity index (χ1) is 14.6. The van der Waals surface area contributed by atoms with Crippen LogP contribution in [-0.2, 0) is 10.0 Å². The van der Waals surface area contributed by atoms with Crippen LogP contribution >= 0.6 is 0 Å². The number of nitrogens with zero attached hydrogens (tertiary/aromatic N) is 4. The molecule has 7 nitrogen and oxygen atoms in total. The van der Waals surface area contributed by atoms with Crippen LogP contribution in [0.2, 0.25) is 0 Å². The summed E-state index contributed by atoms with van der Waals surface area (Å²) in [7, 11) is -3.87. The number of sulfonamides is 1. The zero-order valence-electron chi connectivity index (χ0n) is 15.8. The standard InChI is InChI=1S/C22H17N5O2S/c28-30(29,22-12-6-5-11-21(22)26-14-13-23-15-26)25-18-8-2-4-10-20(18)27-16-24-17-7-1-3-9-19(17)27/h1-16,25H. The van der Waals surface area contributed by atoms with Gasteiger partial charge in [0.1, 0.15) is 11.2 Å². The van der Waals surface area contributed by atoms with Gasteiger partial charge in [-0.05, 0) is 36.4 Å². The highest BCUT2D eigenvalue weighted by Crippen LogP contribution is 2.28. The van der Waals surface area contributed by atoms with Gasteiger partial charge in [0, 0.05) is 12.4 Å². The highest BCUT2D eigenvalue weighted by Gasteiger charge is 2.21. The Morgan fingerprint density at radius 3 is 2.37 bits per heavy atom. The lowest BCUT2D eigenvalue weighted by atomic mass is 10.2. The maximum atomic E-state index is 13.3. The predicted molar refractivity (Wildman–Crippen MR) is 115 cm³/mol. The van der Waals surface area contributed by atoms with Crippen LogP contribution in [0.15, 0.2) is 103 Å². The fourth-order valence-electron chi connectivity index (χ4n) is 3.42. The summed E-state index contributed by atoms with van der Waals surface area (Å²) in [5.74, 6) is 0. The van der Waals surface area contributed by atoms with Crippen molar-refractivity contribution in [3.8, 4) is 11.4 Å². The van der Waals surface area contributed by atoms with Gasteiger partial charge in [-0.2, -0.15) is 0 Å². The van der Waals surface area contributed by atoms with E-state index in [4.69, 9.17) is 0 Å². The van der Waals surface area contributed by atoms with Crippen LogP contribution in [0.5, 0.6) is 0 Å². The van der Waals surface area contributed by atoms with E-state index >= 15 is 0 Å². The van der Waals surface area contributed by atoms with Crippen molar-refractivity contribution in [3.05, 3.63) is 97.8 Å². The lowest BCUT2D eigenvalue weighted by Crippen LogP contribution is -2.16. The van der Waals surface area contributed by atoms with E-state index in [0.717, 1.165) is 11.0 Å². The SMILES string of the molecule is O=S(=O)(Nc1ccccc1-n1cnc2ccccc21)c1ccccc1-n1ccnc1. The molecule has 0 radical (unpaired) electrons. The fraction of sp³-hybridized carbons (Fsp3) is 0. The van der Waals surface area contributed by atoms with Crippen molar-refractivity contribution in [3.63, 3.8) is 0 Å². The van der Waals surface area contributed by atoms with E-state index in [1.54, 1.807) is 66.0 Å². The Morgan fingerprint density at radius 2 is 1.53 bits per heavy atom. The van der Waals surface area contributed by atoms with Gasteiger partial charge >= 0.3 is 0 Å². The predicted octanol–water partition coefficient (Wildman–Crippen LogP) is 4.01. The molecule has 0 aliphatic rings. The highest BCUT2D eigenvalue weighted by molar-refractivity contribution is 7.92. The van der Waals surface area contributed by atoms with Crippen molar-refractivity contribution in [1.82, 2.24) is 19.1 Å². The summed E-state index contributed by atoms with van der Waals surface area (Å²) >= 11 is 0. The Bertz CT molecular complexity index is 1440. The van der Waals surface area contributed by atoms with Gasteiger partial charge in [0.2, 0.25) is 0 Å². The number of hydrogen-bond donors (Lipinski definition) is 1. The van der Waals surface area contributed by atoms with E-state index < -0.39 is 10.0 Å². The van der Waals surface area contributed by atoms with Crippen molar-refractivity contribution >= 4 is 26.7 Å². The molecule has 0 saturated heterocycles. The zero-order chi connectivity index (χ0) is 20.6. The third-order valence-electron chi connectivity index (χ3n) is 4.80. The Hall–Kier alpha value is -3.91. The minimum absolute atomic E-state index is 0.160. The first-order valence-electron chi connectivity index (χ1n) is 9.25. The molecule has 0 bridgehead atoms. The minimum atomic E-state index is -3.87. The zero-order valence-corrected chi connectivity index (χ0v) is 16.6. The average Bonchev–Trinajstić information content (AvgIpc) is 3.44. The summed E-state index contributed by atoms with van der Waals surface area (Å²) in [5, 5.41) is 0. The summed E-state index contributed by atoms with van der Waals surface area (Å²) in [4.78, 5) is 8.59. The second-order valence-electron chi connectivity index (χ2n) is 6.66. The number of fused-ring (bicyclic) bond motifs is 1. The van der Waals surface area contributed by atoms with E-state index in [1.807, 2.05) is 41.0 Å². The molecule has 8 heteroatoms. The maximum Gasteiger partial charge on any atom is 0.264 e. The number of rotatable bonds is 5. The molecule has 5 aromatic rings. The number of para-hydroxylation sites is 5. The average molecular weight is 415 g/mol. The third kappa shape index (κ3) is 3.13. The number of benzene rings is 3. The second kappa shape index (κ2) is 7.16. The van der Waals surface area contributed by atoms with E-state index in [0.29, 0.717) is 17.1 Å². The number of anilines is 1. The Labute approximate surface area is 173 Å². The molecule has 0 spiro atoms. The van der Waals surface area contributed by atoms with Crippen molar-refractivity contribution in [2.45, 2.75) is 4.90 Å². The molecule has 0 fully saturated rings. The van der Waals surface area contributed by atoms with E-state index in [9.17, 15) is 8.42 Å². The summed E-state index contributed by atoms with van der Waals surface area (Å²) in [5.41, 5.74) is 3.40. The lowest BCUT2D eigenvalue weighted by molar-refractivity contribution is 0.600. The lowest BCUT2D eigenvalue weighted by Gasteiger charge is -2.16. The smallest absolute Gasteiger partial charge is 0.264 e. The van der Waals surface area contributed by atoms with Gasteiger partial charge in [-0.1, -0.05) is 36.4 Å². The van der Waals surface area contributed by atoms with E-state index in [2.05, 4.69) is 14.7 Å². The molecule has 3 aromatic carbocycles. The van der Waals surface area contributed by atoms with Gasteiger partial charge in [-0.25, -0.2) is 18.4 Å². The molecule has 0 aliphatic carbocycles. The van der Waals surface area contributed by atoms with Gasteiger partial charge in [-0.15, -0.1) is 0 Å². The van der Waals surface area contributed by atoms with Crippen molar-refractivity contribution in [1.29, 1.82) is 0 Å². The van der Waals surface area contributed by atoms with Gasteiger partial charge in [0.15, 0.2) is 0 Å². The van der Waals surface area contributed by atoms with Crippen LogP contribution in [0.25, 0.3) is 22.4 Å². The largest absolute Gasteiger partial charge is 0.305 e. The van der Waals surface area contributed by atoms with Crippen LogP contribution in [-0.4, -0.2) is 27.5 Å². The van der Waals surface area contributed by atoms with Crippen molar-refractivity contribution in [2.75, 3.05) is 4.72 Å². The molecule has 0 saturated carbocycles. The normalized spacial score (nSPS) is 11.6. The van der Waals surface area contributed by atoms with E-state index in [1.165, 1.54) is 0 Å².